The molecule has 2 N–H and O–H groups in total. The number of rotatable bonds is 3. The van der Waals surface area contributed by atoms with Gasteiger partial charge in [0.2, 0.25) is 0 Å². The van der Waals surface area contributed by atoms with E-state index in [0.717, 1.165) is 0 Å². The molecular formula is C6H12F2N2O2. The second kappa shape index (κ2) is 4.87. The van der Waals surface area contributed by atoms with E-state index in [0.29, 0.717) is 0 Å². The molecule has 0 aliphatic heterocycles. The zero-order valence-electron chi connectivity index (χ0n) is 6.92. The monoisotopic (exact) mass is 182 g/mol. The molecule has 1 atom stereocenters. The maximum absolute atomic E-state index is 11.7. The van der Waals surface area contributed by atoms with E-state index in [1.54, 1.807) is 0 Å². The number of nitrogens with one attached hydrogen (secondary N) is 1. The Labute approximate surface area is 69.2 Å². The molecule has 0 aliphatic carbocycles. The molecule has 0 bridgehead atoms. The fraction of sp³-hybridized carbons (Fsp3) is 0.833. The van der Waals surface area contributed by atoms with E-state index in [9.17, 15) is 13.6 Å². The minimum Gasteiger partial charge on any atom is -0.385 e. The van der Waals surface area contributed by atoms with Crippen LogP contribution in [0.5, 0.6) is 0 Å². The highest BCUT2D eigenvalue weighted by molar-refractivity contribution is 5.73. The third-order valence-corrected chi connectivity index (χ3v) is 1.16. The smallest absolute Gasteiger partial charge is 0.316 e. The lowest BCUT2D eigenvalue weighted by Gasteiger charge is -2.14. The van der Waals surface area contributed by atoms with Gasteiger partial charge in [-0.2, -0.15) is 0 Å². The summed E-state index contributed by atoms with van der Waals surface area (Å²) in [4.78, 5) is 11.9. The Morgan fingerprint density at radius 3 is 2.42 bits per heavy atom. The summed E-state index contributed by atoms with van der Waals surface area (Å²) >= 11 is 0. The molecule has 2 amide bonds. The van der Waals surface area contributed by atoms with E-state index in [1.165, 1.54) is 19.0 Å². The lowest BCUT2D eigenvalue weighted by atomic mass is 10.4. The van der Waals surface area contributed by atoms with Crippen molar-refractivity contribution >= 4 is 6.03 Å². The van der Waals surface area contributed by atoms with Gasteiger partial charge in [0, 0.05) is 14.1 Å². The summed E-state index contributed by atoms with van der Waals surface area (Å²) in [5.74, 6) is 0. The maximum Gasteiger partial charge on any atom is 0.316 e. The van der Waals surface area contributed by atoms with E-state index in [4.69, 9.17) is 5.11 Å². The normalized spacial score (nSPS) is 12.8. The Hall–Kier alpha value is -0.910. The highest BCUT2D eigenvalue weighted by atomic mass is 19.3. The molecule has 1 unspecified atom stereocenters. The van der Waals surface area contributed by atoms with Crippen molar-refractivity contribution in [3.63, 3.8) is 0 Å². The van der Waals surface area contributed by atoms with E-state index in [2.05, 4.69) is 5.32 Å². The number of hydrogen-bond donors (Lipinski definition) is 2. The summed E-state index contributed by atoms with van der Waals surface area (Å²) in [6, 6.07) is -0.505. The molecule has 4 nitrogen and oxygen atoms in total. The first kappa shape index (κ1) is 11.1. The molecule has 0 aromatic rings. The number of alkyl halides is 2. The van der Waals surface area contributed by atoms with E-state index >= 15 is 0 Å². The van der Waals surface area contributed by atoms with Crippen LogP contribution in [0.3, 0.4) is 0 Å². The van der Waals surface area contributed by atoms with Crippen LogP contribution in [0.4, 0.5) is 13.6 Å². The van der Waals surface area contributed by atoms with Crippen molar-refractivity contribution in [2.75, 3.05) is 20.6 Å². The minimum absolute atomic E-state index is 0.436. The number of aliphatic hydroxyl groups excluding tert-OH is 1. The fourth-order valence-electron chi connectivity index (χ4n) is 0.439. The van der Waals surface area contributed by atoms with Gasteiger partial charge in [-0.15, -0.1) is 0 Å². The third-order valence-electron chi connectivity index (χ3n) is 1.16. The van der Waals surface area contributed by atoms with Crippen LogP contribution >= 0.6 is 0 Å². The summed E-state index contributed by atoms with van der Waals surface area (Å²) in [5, 5.41) is 10.7. The van der Waals surface area contributed by atoms with Gasteiger partial charge in [0.1, 0.15) is 6.10 Å². The zero-order valence-corrected chi connectivity index (χ0v) is 6.92. The second-order valence-corrected chi connectivity index (χ2v) is 2.48. The van der Waals surface area contributed by atoms with Crippen molar-refractivity contribution in [1.82, 2.24) is 10.2 Å². The molecule has 0 heterocycles. The number of urea groups is 1. The van der Waals surface area contributed by atoms with Crippen molar-refractivity contribution in [3.05, 3.63) is 0 Å². The van der Waals surface area contributed by atoms with Gasteiger partial charge in [-0.3, -0.25) is 0 Å². The predicted molar refractivity (Wildman–Crippen MR) is 39.1 cm³/mol. The topological polar surface area (TPSA) is 52.6 Å². The number of nitrogens with zero attached hydrogens (tertiary/aromatic N) is 1. The average Bonchev–Trinajstić information content (AvgIpc) is 1.98. The van der Waals surface area contributed by atoms with Crippen LogP contribution in [0, 0.1) is 0 Å². The Balaban J connectivity index is 3.61. The first-order valence-electron chi connectivity index (χ1n) is 3.36. The summed E-state index contributed by atoms with van der Waals surface area (Å²) in [7, 11) is 2.95. The summed E-state index contributed by atoms with van der Waals surface area (Å²) in [5.41, 5.74) is 0. The van der Waals surface area contributed by atoms with Gasteiger partial charge in [-0.25, -0.2) is 13.6 Å². The Kier molecular flexibility index (Phi) is 4.50. The molecule has 6 heteroatoms. The summed E-state index contributed by atoms with van der Waals surface area (Å²) < 4.78 is 23.3. The highest BCUT2D eigenvalue weighted by Gasteiger charge is 2.17. The molecule has 12 heavy (non-hydrogen) atoms. The number of carbonyl (C=O) groups is 1. The number of aliphatic hydroxyl groups is 1. The van der Waals surface area contributed by atoms with Gasteiger partial charge in [0.25, 0.3) is 6.43 Å². The van der Waals surface area contributed by atoms with Crippen molar-refractivity contribution < 1.29 is 18.7 Å². The molecule has 0 aromatic carbocycles. The summed E-state index contributed by atoms with van der Waals surface area (Å²) in [6.07, 6.45) is -4.62. The molecule has 0 aromatic heterocycles. The van der Waals surface area contributed by atoms with Crippen molar-refractivity contribution in [3.8, 4) is 0 Å². The largest absolute Gasteiger partial charge is 0.385 e. The van der Waals surface area contributed by atoms with Crippen LogP contribution in [-0.4, -0.2) is 49.2 Å². The van der Waals surface area contributed by atoms with Crippen LogP contribution < -0.4 is 5.32 Å². The Bertz CT molecular complexity index is 152. The molecule has 72 valence electrons. The Morgan fingerprint density at radius 2 is 2.08 bits per heavy atom. The zero-order chi connectivity index (χ0) is 9.72. The Morgan fingerprint density at radius 1 is 1.58 bits per heavy atom. The molecule has 0 spiro atoms. The van der Waals surface area contributed by atoms with Gasteiger partial charge in [0.05, 0.1) is 6.54 Å². The number of hydrogen-bond acceptors (Lipinski definition) is 2. The molecule has 0 saturated heterocycles. The first-order chi connectivity index (χ1) is 5.45. The lowest BCUT2D eigenvalue weighted by molar-refractivity contribution is -0.00212. The number of amides is 2. The van der Waals surface area contributed by atoms with Gasteiger partial charge in [0.15, 0.2) is 0 Å². The van der Waals surface area contributed by atoms with Gasteiger partial charge in [-0.1, -0.05) is 0 Å². The SMILES string of the molecule is CN(C)C(=O)NCC(O)C(F)F. The van der Waals surface area contributed by atoms with Crippen molar-refractivity contribution in [2.45, 2.75) is 12.5 Å². The van der Waals surface area contributed by atoms with Crippen LogP contribution in [0.2, 0.25) is 0 Å². The van der Waals surface area contributed by atoms with Crippen molar-refractivity contribution in [2.24, 2.45) is 0 Å². The molecule has 0 saturated carbocycles. The van der Waals surface area contributed by atoms with Gasteiger partial charge in [-0.05, 0) is 0 Å². The van der Waals surface area contributed by atoms with E-state index in [1.807, 2.05) is 0 Å². The van der Waals surface area contributed by atoms with E-state index in [-0.39, 0.29) is 0 Å². The van der Waals surface area contributed by atoms with Gasteiger partial charge < -0.3 is 15.3 Å². The van der Waals surface area contributed by atoms with Crippen LogP contribution in [-0.2, 0) is 0 Å². The number of carbonyl (C=O) groups excluding carboxylic acids is 1. The molecule has 0 rings (SSSR count). The van der Waals surface area contributed by atoms with Crippen LogP contribution in [0.1, 0.15) is 0 Å². The quantitative estimate of drug-likeness (QED) is 0.639. The summed E-state index contributed by atoms with van der Waals surface area (Å²) in [6.45, 7) is -0.436. The molecular weight excluding hydrogens is 170 g/mol. The first-order valence-corrected chi connectivity index (χ1v) is 3.36. The average molecular weight is 182 g/mol. The van der Waals surface area contributed by atoms with E-state index < -0.39 is 25.1 Å². The minimum atomic E-state index is -2.83. The second-order valence-electron chi connectivity index (χ2n) is 2.48. The fourth-order valence-corrected chi connectivity index (χ4v) is 0.439. The predicted octanol–water partition coefficient (Wildman–Crippen LogP) is -0.116. The van der Waals surface area contributed by atoms with Crippen LogP contribution in [0.25, 0.3) is 0 Å². The standard InChI is InChI=1S/C6H12F2N2O2/c1-10(2)6(12)9-3-4(11)5(7)8/h4-5,11H,3H2,1-2H3,(H,9,12). The maximum atomic E-state index is 11.7. The molecule has 0 radical (unpaired) electrons. The lowest BCUT2D eigenvalue weighted by Crippen LogP contribution is -2.41. The van der Waals surface area contributed by atoms with Crippen LogP contribution in [0.15, 0.2) is 0 Å². The number of halogens is 2. The molecule has 0 aliphatic rings. The van der Waals surface area contributed by atoms with Gasteiger partial charge >= 0.3 is 6.03 Å². The molecule has 0 fully saturated rings. The highest BCUT2D eigenvalue weighted by Crippen LogP contribution is 1.98. The third kappa shape index (κ3) is 4.07. The van der Waals surface area contributed by atoms with Crippen molar-refractivity contribution in [1.29, 1.82) is 0 Å².